The lowest BCUT2D eigenvalue weighted by Gasteiger charge is -2.19. The second-order valence-corrected chi connectivity index (χ2v) is 9.99. The molecule has 2 aliphatic rings. The Morgan fingerprint density at radius 1 is 1.12 bits per heavy atom. The number of thiophene rings is 1. The van der Waals surface area contributed by atoms with Gasteiger partial charge in [-0.3, -0.25) is 19.1 Å². The van der Waals surface area contributed by atoms with Gasteiger partial charge in [0.2, 0.25) is 5.91 Å². The summed E-state index contributed by atoms with van der Waals surface area (Å²) in [5.74, 6) is 1.50. The van der Waals surface area contributed by atoms with E-state index in [1.165, 1.54) is 4.88 Å². The zero-order valence-electron chi connectivity index (χ0n) is 19.7. The van der Waals surface area contributed by atoms with Crippen LogP contribution in [0.3, 0.4) is 0 Å². The van der Waals surface area contributed by atoms with E-state index in [0.29, 0.717) is 34.9 Å². The first-order chi connectivity index (χ1) is 16.6. The summed E-state index contributed by atoms with van der Waals surface area (Å²) in [5.41, 5.74) is 1.57. The van der Waals surface area contributed by atoms with Gasteiger partial charge in [-0.15, -0.1) is 11.3 Å². The molecule has 1 aliphatic carbocycles. The molecule has 180 valence electrons. The van der Waals surface area contributed by atoms with Gasteiger partial charge < -0.3 is 14.8 Å². The number of aromatic nitrogens is 2. The van der Waals surface area contributed by atoms with Gasteiger partial charge in [-0.2, -0.15) is 0 Å². The molecule has 0 spiro atoms. The van der Waals surface area contributed by atoms with Gasteiger partial charge in [0.1, 0.15) is 28.7 Å². The maximum absolute atomic E-state index is 13.7. The van der Waals surface area contributed by atoms with Crippen LogP contribution in [0.25, 0.3) is 10.2 Å². The van der Waals surface area contributed by atoms with E-state index in [1.807, 2.05) is 0 Å². The van der Waals surface area contributed by atoms with Crippen LogP contribution >= 0.6 is 11.3 Å². The summed E-state index contributed by atoms with van der Waals surface area (Å²) in [6, 6.07) is 5.21. The van der Waals surface area contributed by atoms with Gasteiger partial charge in [-0.1, -0.05) is 0 Å². The third kappa shape index (κ3) is 4.42. The number of carbonyl (C=O) groups is 1. The molecule has 1 aromatic carbocycles. The molecule has 0 saturated carbocycles. The van der Waals surface area contributed by atoms with Crippen LogP contribution in [-0.4, -0.2) is 47.7 Å². The van der Waals surface area contributed by atoms with E-state index < -0.39 is 0 Å². The van der Waals surface area contributed by atoms with Crippen molar-refractivity contribution in [3.8, 4) is 11.5 Å². The highest BCUT2D eigenvalue weighted by Crippen LogP contribution is 2.34. The topological polar surface area (TPSA) is 85.7 Å². The van der Waals surface area contributed by atoms with Crippen molar-refractivity contribution >= 4 is 33.1 Å². The maximum Gasteiger partial charge on any atom is 0.263 e. The van der Waals surface area contributed by atoms with Crippen LogP contribution in [0.2, 0.25) is 0 Å². The number of anilines is 1. The van der Waals surface area contributed by atoms with Gasteiger partial charge in [0.25, 0.3) is 5.56 Å². The Labute approximate surface area is 202 Å². The Morgan fingerprint density at radius 2 is 1.91 bits per heavy atom. The summed E-state index contributed by atoms with van der Waals surface area (Å²) in [6.45, 7) is 2.46. The molecule has 9 heteroatoms. The number of aryl methyl sites for hydroxylation is 2. The second-order valence-electron chi connectivity index (χ2n) is 8.91. The van der Waals surface area contributed by atoms with Gasteiger partial charge in [-0.25, -0.2) is 4.98 Å². The maximum atomic E-state index is 13.7. The number of methoxy groups -OCH3 is 2. The molecule has 1 N–H and O–H groups in total. The van der Waals surface area contributed by atoms with Gasteiger partial charge >= 0.3 is 0 Å². The van der Waals surface area contributed by atoms with Gasteiger partial charge in [-0.05, 0) is 69.3 Å². The molecule has 2 aromatic heterocycles. The summed E-state index contributed by atoms with van der Waals surface area (Å²) in [5, 5.41) is 3.60. The minimum absolute atomic E-state index is 0.0925. The van der Waals surface area contributed by atoms with Crippen LogP contribution in [0, 0.1) is 0 Å². The van der Waals surface area contributed by atoms with Crippen molar-refractivity contribution in [3.63, 3.8) is 0 Å². The number of hydrogen-bond donors (Lipinski definition) is 1. The number of rotatable bonds is 7. The van der Waals surface area contributed by atoms with Crippen LogP contribution in [0.4, 0.5) is 5.69 Å². The lowest BCUT2D eigenvalue weighted by Crippen LogP contribution is -2.34. The van der Waals surface area contributed by atoms with Gasteiger partial charge in [0.05, 0.1) is 31.8 Å². The number of amides is 1. The first-order valence-electron chi connectivity index (χ1n) is 11.9. The molecule has 1 aliphatic heterocycles. The van der Waals surface area contributed by atoms with E-state index in [4.69, 9.17) is 14.5 Å². The Bertz CT molecular complexity index is 1280. The smallest absolute Gasteiger partial charge is 0.263 e. The lowest BCUT2D eigenvalue weighted by molar-refractivity contribution is -0.116. The monoisotopic (exact) mass is 482 g/mol. The molecule has 0 radical (unpaired) electrons. The predicted molar refractivity (Wildman–Crippen MR) is 133 cm³/mol. The molecule has 0 unspecified atom stereocenters. The highest BCUT2D eigenvalue weighted by molar-refractivity contribution is 7.18. The lowest BCUT2D eigenvalue weighted by atomic mass is 9.97. The number of hydrogen-bond acceptors (Lipinski definition) is 7. The average Bonchev–Trinajstić information content (AvgIpc) is 3.49. The van der Waals surface area contributed by atoms with Crippen molar-refractivity contribution in [3.05, 3.63) is 44.8 Å². The number of benzene rings is 1. The largest absolute Gasteiger partial charge is 0.497 e. The molecule has 1 saturated heterocycles. The summed E-state index contributed by atoms with van der Waals surface area (Å²) in [7, 11) is 3.12. The first kappa shape index (κ1) is 22.9. The Hall–Kier alpha value is -2.91. The van der Waals surface area contributed by atoms with Gasteiger partial charge in [0.15, 0.2) is 0 Å². The highest BCUT2D eigenvalue weighted by atomic mass is 32.1. The van der Waals surface area contributed by atoms with Crippen molar-refractivity contribution < 1.29 is 14.3 Å². The fraction of sp³-hybridized carbons (Fsp3) is 0.480. The van der Waals surface area contributed by atoms with Gasteiger partial charge in [0, 0.05) is 10.9 Å². The number of nitrogens with zero attached hydrogens (tertiary/aromatic N) is 3. The van der Waals surface area contributed by atoms with E-state index in [9.17, 15) is 9.59 Å². The number of ether oxygens (including phenoxy) is 2. The second kappa shape index (κ2) is 9.76. The van der Waals surface area contributed by atoms with E-state index >= 15 is 0 Å². The third-order valence-electron chi connectivity index (χ3n) is 6.70. The summed E-state index contributed by atoms with van der Waals surface area (Å²) < 4.78 is 12.2. The summed E-state index contributed by atoms with van der Waals surface area (Å²) in [6.07, 6.45) is 6.46. The van der Waals surface area contributed by atoms with E-state index in [0.717, 1.165) is 62.0 Å². The fourth-order valence-corrected chi connectivity index (χ4v) is 6.21. The number of fused-ring (bicyclic) bond motifs is 3. The Balaban J connectivity index is 1.50. The molecule has 8 nitrogen and oxygen atoms in total. The molecule has 0 bridgehead atoms. The molecule has 1 amide bonds. The van der Waals surface area contributed by atoms with Crippen LogP contribution in [0.1, 0.15) is 41.9 Å². The number of carbonyl (C=O) groups excluding carboxylic acids is 1. The first-order valence-corrected chi connectivity index (χ1v) is 12.7. The van der Waals surface area contributed by atoms with Crippen molar-refractivity contribution in [2.24, 2.45) is 0 Å². The summed E-state index contributed by atoms with van der Waals surface area (Å²) in [4.78, 5) is 36.2. The van der Waals surface area contributed by atoms with Crippen LogP contribution in [-0.2, 0) is 30.7 Å². The van der Waals surface area contributed by atoms with E-state index in [-0.39, 0.29) is 18.0 Å². The fourth-order valence-electron chi connectivity index (χ4n) is 4.94. The van der Waals surface area contributed by atoms with Crippen molar-refractivity contribution in [2.75, 3.05) is 32.6 Å². The molecule has 3 aromatic rings. The zero-order chi connectivity index (χ0) is 23.7. The Morgan fingerprint density at radius 3 is 2.68 bits per heavy atom. The Kier molecular flexibility index (Phi) is 6.56. The van der Waals surface area contributed by atoms with Crippen molar-refractivity contribution in [2.45, 2.75) is 51.6 Å². The highest BCUT2D eigenvalue weighted by Gasteiger charge is 2.24. The number of nitrogens with one attached hydrogen (secondary N) is 1. The quantitative estimate of drug-likeness (QED) is 0.554. The summed E-state index contributed by atoms with van der Waals surface area (Å²) >= 11 is 1.65. The standard InChI is InChI=1S/C25H30N4O4S/c1-32-16-9-10-18(19(13-16)33-2)26-22(30)15-29-21(14-28-11-5-6-12-28)27-24-23(25(29)31)17-7-3-4-8-20(17)34-24/h9-10,13H,3-8,11-12,14-15H2,1-2H3,(H,26,30). The zero-order valence-corrected chi connectivity index (χ0v) is 20.5. The normalized spacial score (nSPS) is 15.9. The predicted octanol–water partition coefficient (Wildman–Crippen LogP) is 3.59. The number of likely N-dealkylation sites (tertiary alicyclic amines) is 1. The van der Waals surface area contributed by atoms with E-state index in [1.54, 1.807) is 48.3 Å². The van der Waals surface area contributed by atoms with Crippen LogP contribution < -0.4 is 20.3 Å². The molecule has 1 fully saturated rings. The molecular weight excluding hydrogens is 452 g/mol. The van der Waals surface area contributed by atoms with Crippen molar-refractivity contribution in [1.82, 2.24) is 14.5 Å². The SMILES string of the molecule is COc1ccc(NC(=O)Cn2c(CN3CCCC3)nc3sc4c(c3c2=O)CCCC4)c(OC)c1. The molecule has 0 atom stereocenters. The minimum Gasteiger partial charge on any atom is -0.497 e. The molecule has 5 rings (SSSR count). The van der Waals surface area contributed by atoms with Crippen LogP contribution in [0.15, 0.2) is 23.0 Å². The van der Waals surface area contributed by atoms with Crippen molar-refractivity contribution in [1.29, 1.82) is 0 Å². The molecule has 34 heavy (non-hydrogen) atoms. The minimum atomic E-state index is -0.293. The third-order valence-corrected chi connectivity index (χ3v) is 7.89. The molecular formula is C25H30N4O4S. The van der Waals surface area contributed by atoms with E-state index in [2.05, 4.69) is 10.2 Å². The molecule has 3 heterocycles. The van der Waals surface area contributed by atoms with Crippen LogP contribution in [0.5, 0.6) is 11.5 Å². The average molecular weight is 483 g/mol.